The molecular weight excluding hydrogens is 273 g/mol. The van der Waals surface area contributed by atoms with Gasteiger partial charge in [0.15, 0.2) is 11.5 Å². The van der Waals surface area contributed by atoms with Gasteiger partial charge in [0.05, 0.1) is 11.0 Å². The van der Waals surface area contributed by atoms with Gasteiger partial charge in [-0.3, -0.25) is 0 Å². The number of hydrogen-bond donors (Lipinski definition) is 3. The van der Waals surface area contributed by atoms with Gasteiger partial charge in [0.25, 0.3) is 0 Å². The van der Waals surface area contributed by atoms with E-state index in [1.807, 2.05) is 6.07 Å². The Morgan fingerprint density at radius 1 is 1.33 bits per heavy atom. The molecule has 0 aromatic heterocycles. The highest BCUT2D eigenvalue weighted by atomic mass is 19.1. The normalized spacial score (nSPS) is 45.9. The molecule has 1 aromatic carbocycles. The molecule has 3 N–H and O–H groups in total. The van der Waals surface area contributed by atoms with Crippen LogP contribution in [0.25, 0.3) is 0 Å². The Bertz CT molecular complexity index is 651. The fraction of sp³-hybridized carbons (Fsp3) is 0.625. The number of aromatic hydroxyl groups is 1. The molecule has 2 aliphatic heterocycles. The zero-order valence-corrected chi connectivity index (χ0v) is 11.6. The molecular formula is C16H18FNO3. The first-order chi connectivity index (χ1) is 10.1. The molecule has 1 saturated heterocycles. The number of nitrogens with one attached hydrogen (secondary N) is 1. The first-order valence-electron chi connectivity index (χ1n) is 7.70. The summed E-state index contributed by atoms with van der Waals surface area (Å²) in [6, 6.07) is 3.45. The monoisotopic (exact) mass is 291 g/mol. The molecule has 1 aromatic rings. The van der Waals surface area contributed by atoms with Crippen molar-refractivity contribution < 1.29 is 19.3 Å². The van der Waals surface area contributed by atoms with Crippen LogP contribution in [0, 0.1) is 0 Å². The lowest BCUT2D eigenvalue weighted by Gasteiger charge is -2.60. The average Bonchev–Trinajstić information content (AvgIpc) is 2.80. The Morgan fingerprint density at radius 3 is 3.05 bits per heavy atom. The summed E-state index contributed by atoms with van der Waals surface area (Å²) in [6.45, 7) is 0.744. The number of phenolic OH excluding ortho intramolecular Hbond substituents is 1. The fourth-order valence-electron chi connectivity index (χ4n) is 5.38. The molecule has 2 heterocycles. The maximum absolute atomic E-state index is 14.6. The highest BCUT2D eigenvalue weighted by Crippen LogP contribution is 2.64. The average molecular weight is 291 g/mol. The van der Waals surface area contributed by atoms with E-state index < -0.39 is 23.3 Å². The molecule has 2 aliphatic carbocycles. The van der Waals surface area contributed by atoms with E-state index in [9.17, 15) is 14.6 Å². The maximum atomic E-state index is 14.6. The first-order valence-corrected chi connectivity index (χ1v) is 7.70. The van der Waals surface area contributed by atoms with E-state index in [1.54, 1.807) is 6.07 Å². The second kappa shape index (κ2) is 3.52. The molecule has 4 aliphatic rings. The standard InChI is InChI=1S/C16H18FNO3/c17-9-3-4-16(20)11-7-8-1-2-10(19)13-12(8)15(16,5-6-18-11)14(9)21-13/h1-2,9,11,14,18-20H,3-7H2/t9-,11?,14?,15?,16?/m1/s1. The molecule has 2 bridgehead atoms. The van der Waals surface area contributed by atoms with Gasteiger partial charge in [0, 0.05) is 11.6 Å². The Hall–Kier alpha value is -1.33. The van der Waals surface area contributed by atoms with Gasteiger partial charge in [0.2, 0.25) is 0 Å². The summed E-state index contributed by atoms with van der Waals surface area (Å²) >= 11 is 0. The Labute approximate surface area is 121 Å². The number of rotatable bonds is 0. The third kappa shape index (κ3) is 1.13. The van der Waals surface area contributed by atoms with Crippen molar-refractivity contribution in [2.45, 2.75) is 55.0 Å². The van der Waals surface area contributed by atoms with Crippen LogP contribution >= 0.6 is 0 Å². The van der Waals surface area contributed by atoms with Crippen LogP contribution < -0.4 is 10.1 Å². The van der Waals surface area contributed by atoms with E-state index in [-0.39, 0.29) is 11.8 Å². The Kier molecular flexibility index (Phi) is 2.05. The summed E-state index contributed by atoms with van der Waals surface area (Å²) in [7, 11) is 0. The van der Waals surface area contributed by atoms with Crippen molar-refractivity contribution in [3.05, 3.63) is 23.3 Å². The lowest BCUT2D eigenvalue weighted by Crippen LogP contribution is -2.76. The number of halogens is 1. The zero-order chi connectivity index (χ0) is 14.4. The lowest BCUT2D eigenvalue weighted by atomic mass is 9.49. The molecule has 1 spiro atoms. The quantitative estimate of drug-likeness (QED) is 0.671. The smallest absolute Gasteiger partial charge is 0.165 e. The topological polar surface area (TPSA) is 61.7 Å². The molecule has 1 saturated carbocycles. The zero-order valence-electron chi connectivity index (χ0n) is 11.6. The third-order valence-corrected chi connectivity index (χ3v) is 6.21. The summed E-state index contributed by atoms with van der Waals surface area (Å²) in [6.07, 6.45) is 0.332. The third-order valence-electron chi connectivity index (χ3n) is 6.21. The Balaban J connectivity index is 1.87. The van der Waals surface area contributed by atoms with Crippen molar-refractivity contribution in [2.24, 2.45) is 0 Å². The predicted molar refractivity (Wildman–Crippen MR) is 73.4 cm³/mol. The van der Waals surface area contributed by atoms with E-state index in [2.05, 4.69) is 5.32 Å². The largest absolute Gasteiger partial charge is 0.504 e. The van der Waals surface area contributed by atoms with Gasteiger partial charge in [-0.25, -0.2) is 4.39 Å². The molecule has 5 rings (SSSR count). The van der Waals surface area contributed by atoms with E-state index in [4.69, 9.17) is 4.74 Å². The van der Waals surface area contributed by atoms with Gasteiger partial charge in [-0.15, -0.1) is 0 Å². The van der Waals surface area contributed by atoms with E-state index in [0.717, 1.165) is 17.7 Å². The van der Waals surface area contributed by atoms with Gasteiger partial charge >= 0.3 is 0 Å². The molecule has 0 amide bonds. The van der Waals surface area contributed by atoms with Crippen LogP contribution in [0.5, 0.6) is 11.5 Å². The Morgan fingerprint density at radius 2 is 2.19 bits per heavy atom. The van der Waals surface area contributed by atoms with Crippen molar-refractivity contribution in [2.75, 3.05) is 6.54 Å². The van der Waals surface area contributed by atoms with Crippen molar-refractivity contribution in [3.63, 3.8) is 0 Å². The number of piperidine rings is 1. The van der Waals surface area contributed by atoms with Crippen molar-refractivity contribution >= 4 is 0 Å². The van der Waals surface area contributed by atoms with Gasteiger partial charge < -0.3 is 20.3 Å². The number of alkyl halides is 1. The molecule has 0 radical (unpaired) electrons. The summed E-state index contributed by atoms with van der Waals surface area (Å²) in [5, 5.41) is 25.0. The van der Waals surface area contributed by atoms with Crippen LogP contribution in [0.1, 0.15) is 30.4 Å². The number of hydrogen-bond acceptors (Lipinski definition) is 4. The molecule has 21 heavy (non-hydrogen) atoms. The predicted octanol–water partition coefficient (Wildman–Crippen LogP) is 1.17. The minimum absolute atomic E-state index is 0.0593. The highest BCUT2D eigenvalue weighted by Gasteiger charge is 2.72. The van der Waals surface area contributed by atoms with Gasteiger partial charge in [-0.1, -0.05) is 6.07 Å². The summed E-state index contributed by atoms with van der Waals surface area (Å²) in [4.78, 5) is 0. The van der Waals surface area contributed by atoms with Crippen molar-refractivity contribution in [1.29, 1.82) is 0 Å². The number of ether oxygens (including phenoxy) is 1. The second-order valence-corrected chi connectivity index (χ2v) is 6.90. The van der Waals surface area contributed by atoms with Gasteiger partial charge in [-0.2, -0.15) is 0 Å². The molecule has 2 fully saturated rings. The summed E-state index contributed by atoms with van der Waals surface area (Å²) in [5.74, 6) is 0.463. The molecule has 4 unspecified atom stereocenters. The molecule has 112 valence electrons. The van der Waals surface area contributed by atoms with Crippen LogP contribution in [0.2, 0.25) is 0 Å². The van der Waals surface area contributed by atoms with Crippen LogP contribution in [0.15, 0.2) is 12.1 Å². The number of aliphatic hydroxyl groups is 1. The molecule has 5 atom stereocenters. The van der Waals surface area contributed by atoms with Crippen LogP contribution in [-0.2, 0) is 11.8 Å². The van der Waals surface area contributed by atoms with E-state index >= 15 is 0 Å². The van der Waals surface area contributed by atoms with E-state index in [0.29, 0.717) is 31.4 Å². The van der Waals surface area contributed by atoms with Crippen LogP contribution in [0.4, 0.5) is 4.39 Å². The fourth-order valence-corrected chi connectivity index (χ4v) is 5.38. The highest BCUT2D eigenvalue weighted by molar-refractivity contribution is 5.62. The van der Waals surface area contributed by atoms with Crippen molar-refractivity contribution in [3.8, 4) is 11.5 Å². The van der Waals surface area contributed by atoms with Crippen LogP contribution in [0.3, 0.4) is 0 Å². The van der Waals surface area contributed by atoms with E-state index in [1.165, 1.54) is 0 Å². The lowest BCUT2D eigenvalue weighted by molar-refractivity contribution is -0.168. The minimum Gasteiger partial charge on any atom is -0.504 e. The number of phenols is 1. The summed E-state index contributed by atoms with van der Waals surface area (Å²) in [5.41, 5.74) is 0.253. The second-order valence-electron chi connectivity index (χ2n) is 6.90. The number of benzene rings is 1. The van der Waals surface area contributed by atoms with Gasteiger partial charge in [-0.05, 0) is 43.9 Å². The van der Waals surface area contributed by atoms with Crippen LogP contribution in [-0.4, -0.2) is 40.7 Å². The SMILES string of the molecule is Oc1ccc2c3c1OC1[C@H](F)CCC4(O)C(C2)NCCC314. The minimum atomic E-state index is -1.10. The maximum Gasteiger partial charge on any atom is 0.165 e. The summed E-state index contributed by atoms with van der Waals surface area (Å²) < 4.78 is 20.5. The van der Waals surface area contributed by atoms with Gasteiger partial charge in [0.1, 0.15) is 12.3 Å². The van der Waals surface area contributed by atoms with Crippen molar-refractivity contribution in [1.82, 2.24) is 5.32 Å². The molecule has 5 heteroatoms. The molecule has 4 nitrogen and oxygen atoms in total. The first kappa shape index (κ1) is 12.2.